The van der Waals surface area contributed by atoms with Crippen molar-refractivity contribution >= 4 is 5.97 Å². The van der Waals surface area contributed by atoms with Crippen LogP contribution in [0.1, 0.15) is 24.4 Å². The first kappa shape index (κ1) is 14.5. The molecule has 1 aromatic rings. The average Bonchev–Trinajstić information content (AvgIpc) is 3.06. The Morgan fingerprint density at radius 3 is 3.00 bits per heavy atom. The number of ether oxygens (including phenoxy) is 1. The molecule has 2 fully saturated rings. The Balaban J connectivity index is 1.70. The van der Waals surface area contributed by atoms with Crippen LogP contribution >= 0.6 is 0 Å². The highest BCUT2D eigenvalue weighted by atomic mass is 16.5. The minimum Gasteiger partial charge on any atom is -0.464 e. The lowest BCUT2D eigenvalue weighted by molar-refractivity contribution is -0.142. The topological polar surface area (TPSA) is 45.7 Å². The molecule has 2 aliphatic heterocycles. The van der Waals surface area contributed by atoms with Crippen LogP contribution in [0.4, 0.5) is 0 Å². The average molecular weight is 289 g/mol. The van der Waals surface area contributed by atoms with Gasteiger partial charge in [0.25, 0.3) is 0 Å². The lowest BCUT2D eigenvalue weighted by Gasteiger charge is -2.30. The molecule has 0 saturated carbocycles. The van der Waals surface area contributed by atoms with Gasteiger partial charge in [-0.2, -0.15) is 0 Å². The molecule has 3 atom stereocenters. The van der Waals surface area contributed by atoms with Gasteiger partial charge in [0, 0.05) is 31.4 Å². The molecule has 0 unspecified atom stereocenters. The summed E-state index contributed by atoms with van der Waals surface area (Å²) in [5, 5.41) is 0. The normalized spacial score (nSPS) is 30.0. The quantitative estimate of drug-likeness (QED) is 0.782. The van der Waals surface area contributed by atoms with E-state index in [0.29, 0.717) is 18.6 Å². The van der Waals surface area contributed by atoms with Crippen LogP contribution in [0.3, 0.4) is 0 Å². The maximum absolute atomic E-state index is 11.7. The molecule has 0 aromatic carbocycles. The fourth-order valence-electron chi connectivity index (χ4n) is 3.68. The van der Waals surface area contributed by atoms with Crippen LogP contribution < -0.4 is 0 Å². The molecule has 0 aliphatic carbocycles. The minimum absolute atomic E-state index is 0.0644. The van der Waals surface area contributed by atoms with Crippen molar-refractivity contribution in [3.8, 4) is 0 Å². The predicted molar refractivity (Wildman–Crippen MR) is 79.7 cm³/mol. The SMILES string of the molecule is CN(C[C@@H]1CCN(C)[C@H]1c1cccnc1)[C@@H]1CCOC1=O. The number of hydrogen-bond donors (Lipinski definition) is 0. The van der Waals surface area contributed by atoms with Crippen LogP contribution in [0.2, 0.25) is 0 Å². The molecule has 5 nitrogen and oxygen atoms in total. The van der Waals surface area contributed by atoms with Crippen LogP contribution in [0.5, 0.6) is 0 Å². The van der Waals surface area contributed by atoms with Crippen molar-refractivity contribution in [1.29, 1.82) is 0 Å². The van der Waals surface area contributed by atoms with Gasteiger partial charge in [-0.05, 0) is 44.6 Å². The largest absolute Gasteiger partial charge is 0.464 e. The number of hydrogen-bond acceptors (Lipinski definition) is 5. The number of likely N-dealkylation sites (N-methyl/N-ethyl adjacent to an activating group) is 1. The molecular weight excluding hydrogens is 266 g/mol. The third-order valence-corrected chi connectivity index (χ3v) is 4.76. The zero-order valence-corrected chi connectivity index (χ0v) is 12.7. The van der Waals surface area contributed by atoms with E-state index in [4.69, 9.17) is 4.74 Å². The van der Waals surface area contributed by atoms with Crippen molar-refractivity contribution < 1.29 is 9.53 Å². The lowest BCUT2D eigenvalue weighted by atomic mass is 9.94. The van der Waals surface area contributed by atoms with Gasteiger partial charge in [-0.3, -0.25) is 19.6 Å². The van der Waals surface area contributed by atoms with E-state index in [0.717, 1.165) is 25.9 Å². The van der Waals surface area contributed by atoms with Gasteiger partial charge in [-0.25, -0.2) is 0 Å². The smallest absolute Gasteiger partial charge is 0.323 e. The van der Waals surface area contributed by atoms with Gasteiger partial charge in [-0.15, -0.1) is 0 Å². The highest BCUT2D eigenvalue weighted by Gasteiger charge is 2.37. The van der Waals surface area contributed by atoms with Gasteiger partial charge in [0.2, 0.25) is 0 Å². The summed E-state index contributed by atoms with van der Waals surface area (Å²) in [6.45, 7) is 2.57. The summed E-state index contributed by atoms with van der Waals surface area (Å²) in [4.78, 5) is 20.5. The third-order valence-electron chi connectivity index (χ3n) is 4.76. The fraction of sp³-hybridized carbons (Fsp3) is 0.625. The molecule has 0 spiro atoms. The van der Waals surface area contributed by atoms with E-state index in [1.165, 1.54) is 5.56 Å². The van der Waals surface area contributed by atoms with Crippen molar-refractivity contribution in [3.05, 3.63) is 30.1 Å². The van der Waals surface area contributed by atoms with Crippen molar-refractivity contribution in [3.63, 3.8) is 0 Å². The molecule has 0 radical (unpaired) electrons. The maximum atomic E-state index is 11.7. The molecular formula is C16H23N3O2. The number of aromatic nitrogens is 1. The van der Waals surface area contributed by atoms with E-state index in [9.17, 15) is 4.79 Å². The maximum Gasteiger partial charge on any atom is 0.323 e. The molecule has 21 heavy (non-hydrogen) atoms. The number of carbonyl (C=O) groups excluding carboxylic acids is 1. The summed E-state index contributed by atoms with van der Waals surface area (Å²) in [5.41, 5.74) is 1.27. The zero-order chi connectivity index (χ0) is 14.8. The Kier molecular flexibility index (Phi) is 4.22. The number of esters is 1. The Morgan fingerprint density at radius 1 is 1.48 bits per heavy atom. The van der Waals surface area contributed by atoms with E-state index in [1.807, 2.05) is 25.5 Å². The second-order valence-corrected chi connectivity index (χ2v) is 6.17. The molecule has 1 aromatic heterocycles. The molecule has 3 heterocycles. The van der Waals surface area contributed by atoms with Crippen molar-refractivity contribution in [2.45, 2.75) is 24.9 Å². The van der Waals surface area contributed by atoms with Crippen molar-refractivity contribution in [1.82, 2.24) is 14.8 Å². The van der Waals surface area contributed by atoms with Crippen LogP contribution in [0.25, 0.3) is 0 Å². The zero-order valence-electron chi connectivity index (χ0n) is 12.7. The van der Waals surface area contributed by atoms with E-state index >= 15 is 0 Å². The number of likely N-dealkylation sites (tertiary alicyclic amines) is 1. The Bertz CT molecular complexity index is 494. The second-order valence-electron chi connectivity index (χ2n) is 6.17. The number of carbonyl (C=O) groups is 1. The van der Waals surface area contributed by atoms with E-state index in [2.05, 4.69) is 27.9 Å². The molecule has 2 aliphatic rings. The minimum atomic E-state index is -0.0678. The van der Waals surface area contributed by atoms with Crippen LogP contribution in [0.15, 0.2) is 24.5 Å². The highest BCUT2D eigenvalue weighted by molar-refractivity contribution is 5.77. The van der Waals surface area contributed by atoms with Crippen LogP contribution in [0, 0.1) is 5.92 Å². The summed E-state index contributed by atoms with van der Waals surface area (Å²) >= 11 is 0. The standard InChI is InChI=1S/C16H23N3O2/c1-18-8-5-13(15(18)12-4-3-7-17-10-12)11-19(2)14-6-9-21-16(14)20/h3-4,7,10,13-15H,5-6,8-9,11H2,1-2H3/t13-,14+,15-/m0/s1. The van der Waals surface area contributed by atoms with Gasteiger partial charge < -0.3 is 4.74 Å². The van der Waals surface area contributed by atoms with Gasteiger partial charge >= 0.3 is 5.97 Å². The van der Waals surface area contributed by atoms with Gasteiger partial charge in [0.05, 0.1) is 6.61 Å². The summed E-state index contributed by atoms with van der Waals surface area (Å²) in [7, 11) is 4.21. The number of pyridine rings is 1. The Hall–Kier alpha value is -1.46. The van der Waals surface area contributed by atoms with Crippen LogP contribution in [-0.2, 0) is 9.53 Å². The first-order valence-electron chi connectivity index (χ1n) is 7.64. The van der Waals surface area contributed by atoms with E-state index in [1.54, 1.807) is 0 Å². The van der Waals surface area contributed by atoms with Crippen LogP contribution in [-0.4, -0.2) is 60.6 Å². The first-order valence-corrected chi connectivity index (χ1v) is 7.64. The van der Waals surface area contributed by atoms with Gasteiger partial charge in [0.15, 0.2) is 0 Å². The molecule has 2 saturated heterocycles. The fourth-order valence-corrected chi connectivity index (χ4v) is 3.68. The molecule has 0 bridgehead atoms. The molecule has 0 amide bonds. The van der Waals surface area contributed by atoms with Gasteiger partial charge in [0.1, 0.15) is 6.04 Å². The Labute approximate surface area is 125 Å². The Morgan fingerprint density at radius 2 is 2.33 bits per heavy atom. The third kappa shape index (κ3) is 2.94. The summed E-state index contributed by atoms with van der Waals surface area (Å²) in [5.74, 6) is 0.458. The number of nitrogens with zero attached hydrogens (tertiary/aromatic N) is 3. The monoisotopic (exact) mass is 289 g/mol. The summed E-state index contributed by atoms with van der Waals surface area (Å²) in [6.07, 6.45) is 5.75. The molecule has 114 valence electrons. The first-order chi connectivity index (χ1) is 10.2. The summed E-state index contributed by atoms with van der Waals surface area (Å²) in [6, 6.07) is 4.47. The molecule has 5 heteroatoms. The number of cyclic esters (lactones) is 1. The highest BCUT2D eigenvalue weighted by Crippen LogP contribution is 2.36. The van der Waals surface area contributed by atoms with Crippen molar-refractivity contribution in [2.24, 2.45) is 5.92 Å². The predicted octanol–water partition coefficient (Wildman–Crippen LogP) is 1.32. The molecule has 3 rings (SSSR count). The summed E-state index contributed by atoms with van der Waals surface area (Å²) < 4.78 is 5.08. The van der Waals surface area contributed by atoms with E-state index < -0.39 is 0 Å². The number of rotatable bonds is 4. The lowest BCUT2D eigenvalue weighted by Crippen LogP contribution is -2.39. The van der Waals surface area contributed by atoms with E-state index in [-0.39, 0.29) is 12.0 Å². The molecule has 0 N–H and O–H groups in total. The second kappa shape index (κ2) is 6.12. The van der Waals surface area contributed by atoms with Gasteiger partial charge in [-0.1, -0.05) is 6.07 Å². The van der Waals surface area contributed by atoms with Crippen molar-refractivity contribution in [2.75, 3.05) is 33.8 Å².